The molecule has 0 aliphatic carbocycles. The van der Waals surface area contributed by atoms with Crippen molar-refractivity contribution in [2.45, 2.75) is 89.9 Å². The number of benzene rings is 9. The van der Waals surface area contributed by atoms with Gasteiger partial charge in [0.25, 0.3) is 0 Å². The van der Waals surface area contributed by atoms with Gasteiger partial charge in [0, 0.05) is 93.2 Å². The predicted molar refractivity (Wildman–Crippen MR) is 360 cm³/mol. The van der Waals surface area contributed by atoms with Crippen molar-refractivity contribution in [3.63, 3.8) is 0 Å². The minimum atomic E-state index is -0.374. The Kier molecular flexibility index (Phi) is 13.8. The zero-order valence-electron chi connectivity index (χ0n) is 50.2. The van der Waals surface area contributed by atoms with Crippen molar-refractivity contribution in [1.82, 2.24) is 0 Å². The van der Waals surface area contributed by atoms with Gasteiger partial charge in [-0.3, -0.25) is 0 Å². The second-order valence-corrected chi connectivity index (χ2v) is 25.9. The number of rotatable bonds is 12. The largest absolute Gasteiger partial charge is 0.347 e. The Bertz CT molecular complexity index is 4200. The van der Waals surface area contributed by atoms with Crippen LogP contribution in [0.2, 0.25) is 0 Å². The molecule has 2 atom stereocenters. The van der Waals surface area contributed by atoms with E-state index in [9.17, 15) is 0 Å². The first-order valence-electron chi connectivity index (χ1n) is 29.9. The summed E-state index contributed by atoms with van der Waals surface area (Å²) in [5.41, 5.74) is 16.7. The van der Waals surface area contributed by atoms with Crippen molar-refractivity contribution in [2.75, 3.05) is 37.0 Å². The molecule has 6 heteroatoms. The quantitative estimate of drug-likeness (QED) is 0.0893. The first-order chi connectivity index (χ1) is 40.5. The van der Waals surface area contributed by atoms with Gasteiger partial charge in [0.05, 0.1) is 10.8 Å². The molecule has 84 heavy (non-hydrogen) atoms. The average Bonchev–Trinajstić information content (AvgIpc) is 1.90. The number of allylic oxidation sites excluding steroid dienone is 12. The highest BCUT2D eigenvalue weighted by Crippen LogP contribution is 2.54. The second-order valence-electron chi connectivity index (χ2n) is 25.1. The standard InChI is InChI=1S/C78H74Cl2N4/c1-11-83-65-43-35-53-21-13-17-25-59(53)71(65)75(3,4)67(83)45-37-57(79)39-47-69-77(7,73-61-27-19-15-23-55(61)33-41-63(73)81(69)9)49-51-29-31-52(32-30-51)50-78(8)70(82(10)64-42-34-56-24-16-20-28-62(56)74(64)78)48-40-58(80)38-46-68-76(5,6)72-60-26-18-14-22-54(60)36-44-66(72)84(68)12-2/h13-48H,11-12,49-50H2,1-10H3/q+2. The summed E-state index contributed by atoms with van der Waals surface area (Å²) in [5, 5.41) is 11.6. The topological polar surface area (TPSA) is 12.5 Å². The molecule has 0 saturated heterocycles. The van der Waals surface area contributed by atoms with Crippen LogP contribution in [-0.4, -0.2) is 47.8 Å². The number of anilines is 2. The number of hydrogen-bond acceptors (Lipinski definition) is 2. The van der Waals surface area contributed by atoms with E-state index in [1.807, 2.05) is 0 Å². The summed E-state index contributed by atoms with van der Waals surface area (Å²) in [7, 11) is 4.42. The van der Waals surface area contributed by atoms with Crippen LogP contribution >= 0.6 is 23.2 Å². The highest BCUT2D eigenvalue weighted by molar-refractivity contribution is 6.32. The number of halogens is 2. The van der Waals surface area contributed by atoms with Gasteiger partial charge in [0.2, 0.25) is 11.4 Å². The summed E-state index contributed by atoms with van der Waals surface area (Å²) in [6.45, 7) is 20.4. The third kappa shape index (κ3) is 8.77. The average molecular weight is 1140 g/mol. The highest BCUT2D eigenvalue weighted by Gasteiger charge is 2.48. The lowest BCUT2D eigenvalue weighted by Gasteiger charge is -2.31. The van der Waals surface area contributed by atoms with E-state index in [1.54, 1.807) is 0 Å². The number of likely N-dealkylation sites (N-methyl/N-ethyl adjacent to an activating group) is 2. The van der Waals surface area contributed by atoms with Crippen molar-refractivity contribution >= 4 is 100 Å². The molecule has 4 aliphatic rings. The summed E-state index contributed by atoms with van der Waals surface area (Å²) in [6, 6.07) is 62.8. The normalized spacial score (nSPS) is 21.0. The van der Waals surface area contributed by atoms with E-state index in [0.29, 0.717) is 10.1 Å². The van der Waals surface area contributed by atoms with Gasteiger partial charge in [-0.25, -0.2) is 0 Å². The molecule has 0 radical (unpaired) electrons. The van der Waals surface area contributed by atoms with Crippen molar-refractivity contribution in [3.05, 3.63) is 273 Å². The molecule has 2 unspecified atom stereocenters. The zero-order valence-corrected chi connectivity index (χ0v) is 51.7. The summed E-state index contributed by atoms with van der Waals surface area (Å²) < 4.78 is 4.90. The maximum absolute atomic E-state index is 7.30. The van der Waals surface area contributed by atoms with Crippen LogP contribution in [-0.2, 0) is 34.5 Å². The zero-order chi connectivity index (χ0) is 58.5. The fourth-order valence-corrected chi connectivity index (χ4v) is 15.8. The lowest BCUT2D eigenvalue weighted by molar-refractivity contribution is -0.433. The summed E-state index contributed by atoms with van der Waals surface area (Å²) in [6.07, 6.45) is 19.0. The van der Waals surface area contributed by atoms with E-state index in [4.69, 9.17) is 23.2 Å². The van der Waals surface area contributed by atoms with Gasteiger partial charge < -0.3 is 9.80 Å². The van der Waals surface area contributed by atoms with Gasteiger partial charge in [0.1, 0.15) is 13.1 Å². The van der Waals surface area contributed by atoms with Crippen LogP contribution < -0.4 is 9.80 Å². The molecule has 0 fully saturated rings. The molecule has 4 heterocycles. The molecule has 0 bridgehead atoms. The van der Waals surface area contributed by atoms with E-state index < -0.39 is 0 Å². The molecular formula is C78H74Cl2N4+2. The van der Waals surface area contributed by atoms with E-state index in [1.165, 1.54) is 122 Å². The molecule has 0 N–H and O–H groups in total. The molecule has 0 aromatic heterocycles. The first kappa shape index (κ1) is 55.2. The smallest absolute Gasteiger partial charge is 0.210 e. The Balaban J connectivity index is 0.821. The fraction of sp³-hybridized carbons (Fsp3) is 0.231. The van der Waals surface area contributed by atoms with E-state index in [0.717, 1.165) is 25.9 Å². The fourth-order valence-electron chi connectivity index (χ4n) is 15.5. The number of hydrogen-bond donors (Lipinski definition) is 0. The third-order valence-corrected chi connectivity index (χ3v) is 19.9. The van der Waals surface area contributed by atoms with Crippen LogP contribution in [0.25, 0.3) is 43.1 Å². The summed E-state index contributed by atoms with van der Waals surface area (Å²) in [5.74, 6) is 0. The van der Waals surface area contributed by atoms with Crippen LogP contribution in [0.15, 0.2) is 240 Å². The Hall–Kier alpha value is -8.02. The maximum Gasteiger partial charge on any atom is 0.210 e. The minimum Gasteiger partial charge on any atom is -0.347 e. The lowest BCUT2D eigenvalue weighted by atomic mass is 9.73. The van der Waals surface area contributed by atoms with Crippen LogP contribution in [0.1, 0.15) is 88.8 Å². The maximum atomic E-state index is 7.30. The van der Waals surface area contributed by atoms with Gasteiger partial charge in [-0.2, -0.15) is 9.15 Å². The van der Waals surface area contributed by atoms with E-state index >= 15 is 0 Å². The molecule has 4 aliphatic heterocycles. The van der Waals surface area contributed by atoms with Gasteiger partial charge in [0.15, 0.2) is 11.4 Å². The van der Waals surface area contributed by atoms with E-state index in [2.05, 4.69) is 307 Å². The van der Waals surface area contributed by atoms with Gasteiger partial charge >= 0.3 is 0 Å². The van der Waals surface area contributed by atoms with Crippen molar-refractivity contribution < 1.29 is 9.15 Å². The molecule has 0 spiro atoms. The molecule has 0 saturated carbocycles. The van der Waals surface area contributed by atoms with Gasteiger partial charge in [-0.05, 0) is 194 Å². The summed E-state index contributed by atoms with van der Waals surface area (Å²) in [4.78, 5) is 4.77. The van der Waals surface area contributed by atoms with E-state index in [-0.39, 0.29) is 21.7 Å². The molecule has 4 nitrogen and oxygen atoms in total. The van der Waals surface area contributed by atoms with Crippen molar-refractivity contribution in [2.24, 2.45) is 0 Å². The highest BCUT2D eigenvalue weighted by atomic mass is 35.5. The SMILES string of the molecule is CC[N+]1=C(/C=C/C(Cl)=C/C=C2/N(C)c3ccc4ccccc4c3C2(C)Cc2ccc(CC3(C)\C(=C/C=C(Cl)/C=C/C4=[N+](CC)c5ccc6ccccc6c5C4(C)C)N(C)c4ccc5ccccc5c43)cc2)C(C)(C)c2c1ccc1ccccc21. The Morgan fingerprint density at radius 2 is 0.738 bits per heavy atom. The van der Waals surface area contributed by atoms with Crippen molar-refractivity contribution in [3.8, 4) is 0 Å². The number of fused-ring (bicyclic) bond motifs is 12. The number of nitrogens with zero attached hydrogens (tertiary/aromatic N) is 4. The molecule has 418 valence electrons. The van der Waals surface area contributed by atoms with Crippen molar-refractivity contribution in [1.29, 1.82) is 0 Å². The second kappa shape index (κ2) is 20.9. The van der Waals surface area contributed by atoms with Crippen LogP contribution in [0.3, 0.4) is 0 Å². The summed E-state index contributed by atoms with van der Waals surface area (Å²) >= 11 is 14.6. The third-order valence-electron chi connectivity index (χ3n) is 19.4. The monoisotopic (exact) mass is 1140 g/mol. The first-order valence-corrected chi connectivity index (χ1v) is 30.7. The van der Waals surface area contributed by atoms with Crippen LogP contribution in [0.4, 0.5) is 22.7 Å². The molecular weight excluding hydrogens is 1060 g/mol. The Labute approximate surface area is 506 Å². The minimum absolute atomic E-state index is 0.206. The van der Waals surface area contributed by atoms with Crippen LogP contribution in [0, 0.1) is 0 Å². The lowest BCUT2D eigenvalue weighted by Crippen LogP contribution is -2.29. The van der Waals surface area contributed by atoms with Gasteiger partial charge in [-0.1, -0.05) is 157 Å². The molecule has 13 rings (SSSR count). The molecule has 9 aromatic rings. The Morgan fingerprint density at radius 1 is 0.417 bits per heavy atom. The van der Waals surface area contributed by atoms with Crippen LogP contribution in [0.5, 0.6) is 0 Å². The van der Waals surface area contributed by atoms with Gasteiger partial charge in [-0.15, -0.1) is 0 Å². The molecule has 9 aromatic carbocycles. The Morgan fingerprint density at radius 3 is 1.08 bits per heavy atom. The molecule has 0 amide bonds. The predicted octanol–water partition coefficient (Wildman–Crippen LogP) is 19.5.